The zero-order chi connectivity index (χ0) is 18.4. The summed E-state index contributed by atoms with van der Waals surface area (Å²) in [6.45, 7) is 5.34. The summed E-state index contributed by atoms with van der Waals surface area (Å²) in [5.41, 5.74) is 2.83. The lowest BCUT2D eigenvalue weighted by Crippen LogP contribution is -2.31. The molecule has 0 unspecified atom stereocenters. The lowest BCUT2D eigenvalue weighted by atomic mass is 10.1. The standard InChI is InChI=1S/C19H21NO5S/c1-14-3-5-17(6-4-14)26(21,22)20-12-15-7-8-23-18(11-16(15)13-20)19(2)24-9-10-25-19/h3-8,11H,9-10,12-13H2,1-2H3. The molecule has 3 aliphatic rings. The fraction of sp³-hybridized carbons (Fsp3) is 0.368. The molecule has 138 valence electrons. The molecule has 1 fully saturated rings. The smallest absolute Gasteiger partial charge is 0.243 e. The maximum atomic E-state index is 12.9. The Hall–Kier alpha value is -1.93. The van der Waals surface area contributed by atoms with Gasteiger partial charge in [0.25, 0.3) is 0 Å². The Morgan fingerprint density at radius 3 is 2.38 bits per heavy atom. The number of hydrogen-bond acceptors (Lipinski definition) is 5. The third-order valence-corrected chi connectivity index (χ3v) is 6.63. The van der Waals surface area contributed by atoms with Crippen molar-refractivity contribution in [2.75, 3.05) is 26.3 Å². The first kappa shape index (κ1) is 17.5. The highest BCUT2D eigenvalue weighted by atomic mass is 32.2. The van der Waals surface area contributed by atoms with E-state index in [-0.39, 0.29) is 0 Å². The van der Waals surface area contributed by atoms with Gasteiger partial charge in [0.15, 0.2) is 5.76 Å². The van der Waals surface area contributed by atoms with Gasteiger partial charge in [0.05, 0.1) is 24.4 Å². The first-order valence-electron chi connectivity index (χ1n) is 8.51. The van der Waals surface area contributed by atoms with Crippen molar-refractivity contribution in [2.45, 2.75) is 24.5 Å². The van der Waals surface area contributed by atoms with E-state index in [0.29, 0.717) is 37.0 Å². The summed E-state index contributed by atoms with van der Waals surface area (Å²) in [6, 6.07) is 6.91. The van der Waals surface area contributed by atoms with Gasteiger partial charge >= 0.3 is 0 Å². The number of nitrogens with zero attached hydrogens (tertiary/aromatic N) is 1. The van der Waals surface area contributed by atoms with Gasteiger partial charge in [-0.05, 0) is 49.3 Å². The average Bonchev–Trinajstić information content (AvgIpc) is 3.18. The zero-order valence-corrected chi connectivity index (χ0v) is 15.6. The Kier molecular flexibility index (Phi) is 4.27. The van der Waals surface area contributed by atoms with Crippen molar-refractivity contribution >= 4 is 10.0 Å². The Balaban J connectivity index is 1.61. The number of rotatable bonds is 3. The predicted octanol–water partition coefficient (Wildman–Crippen LogP) is 2.49. The highest BCUT2D eigenvalue weighted by Crippen LogP contribution is 2.34. The molecular formula is C19H21NO5S. The van der Waals surface area contributed by atoms with E-state index < -0.39 is 15.8 Å². The largest absolute Gasteiger partial charge is 0.464 e. The van der Waals surface area contributed by atoms with Crippen molar-refractivity contribution in [3.8, 4) is 0 Å². The quantitative estimate of drug-likeness (QED) is 0.812. The van der Waals surface area contributed by atoms with Crippen LogP contribution in [0, 0.1) is 6.92 Å². The number of hydrogen-bond donors (Lipinski definition) is 0. The summed E-state index contributed by atoms with van der Waals surface area (Å²) in [5, 5.41) is 0. The van der Waals surface area contributed by atoms with Gasteiger partial charge in [-0.1, -0.05) is 17.7 Å². The van der Waals surface area contributed by atoms with Crippen LogP contribution in [-0.2, 0) is 24.2 Å². The molecule has 0 aliphatic carbocycles. The van der Waals surface area contributed by atoms with Gasteiger partial charge in [-0.15, -0.1) is 0 Å². The lowest BCUT2D eigenvalue weighted by molar-refractivity contribution is -0.134. The van der Waals surface area contributed by atoms with Crippen LogP contribution in [0.1, 0.15) is 12.5 Å². The van der Waals surface area contributed by atoms with E-state index in [1.165, 1.54) is 4.31 Å². The molecule has 3 aliphatic heterocycles. The summed E-state index contributed by atoms with van der Waals surface area (Å²) in [4.78, 5) is 0.305. The Morgan fingerprint density at radius 1 is 1.04 bits per heavy atom. The first-order valence-corrected chi connectivity index (χ1v) is 9.95. The minimum atomic E-state index is -3.55. The lowest BCUT2D eigenvalue weighted by Gasteiger charge is -2.24. The van der Waals surface area contributed by atoms with Gasteiger partial charge in [0.2, 0.25) is 15.8 Å². The fourth-order valence-electron chi connectivity index (χ4n) is 3.24. The molecule has 0 N–H and O–H groups in total. The Morgan fingerprint density at radius 2 is 1.69 bits per heavy atom. The second-order valence-electron chi connectivity index (χ2n) is 6.71. The van der Waals surface area contributed by atoms with Crippen molar-refractivity contribution < 1.29 is 22.6 Å². The van der Waals surface area contributed by atoms with E-state index in [4.69, 9.17) is 14.2 Å². The molecule has 0 amide bonds. The average molecular weight is 375 g/mol. The molecule has 0 saturated carbocycles. The van der Waals surface area contributed by atoms with Gasteiger partial charge in [-0.25, -0.2) is 8.42 Å². The highest BCUT2D eigenvalue weighted by molar-refractivity contribution is 7.89. The first-order chi connectivity index (χ1) is 12.4. The van der Waals surface area contributed by atoms with Crippen LogP contribution in [0.25, 0.3) is 0 Å². The number of benzene rings is 1. The van der Waals surface area contributed by atoms with E-state index in [9.17, 15) is 8.42 Å². The monoisotopic (exact) mass is 375 g/mol. The SMILES string of the molecule is Cc1ccc(S(=O)(=O)N2CC3=C(C=C(C4(C)OCCO4)OC=C3)C2)cc1. The van der Waals surface area contributed by atoms with Crippen LogP contribution in [0.2, 0.25) is 0 Å². The van der Waals surface area contributed by atoms with E-state index in [0.717, 1.165) is 16.7 Å². The molecule has 0 atom stereocenters. The van der Waals surface area contributed by atoms with E-state index in [1.807, 2.05) is 31.2 Å². The number of aryl methyl sites for hydroxylation is 1. The molecule has 1 aromatic carbocycles. The second-order valence-corrected chi connectivity index (χ2v) is 8.65. The maximum absolute atomic E-state index is 12.9. The summed E-state index contributed by atoms with van der Waals surface area (Å²) < 4.78 is 44.4. The van der Waals surface area contributed by atoms with Crippen LogP contribution in [0.5, 0.6) is 0 Å². The van der Waals surface area contributed by atoms with Crippen molar-refractivity contribution in [1.82, 2.24) is 4.31 Å². The minimum absolute atomic E-state index is 0.290. The van der Waals surface area contributed by atoms with E-state index in [2.05, 4.69) is 0 Å². The fourth-order valence-corrected chi connectivity index (χ4v) is 4.64. The van der Waals surface area contributed by atoms with Crippen LogP contribution < -0.4 is 0 Å². The molecule has 3 heterocycles. The van der Waals surface area contributed by atoms with Crippen molar-refractivity contribution in [3.63, 3.8) is 0 Å². The van der Waals surface area contributed by atoms with Crippen molar-refractivity contribution in [1.29, 1.82) is 0 Å². The van der Waals surface area contributed by atoms with Crippen LogP contribution in [0.4, 0.5) is 0 Å². The normalized spacial score (nSPS) is 22.8. The van der Waals surface area contributed by atoms with Gasteiger partial charge in [0.1, 0.15) is 0 Å². The third kappa shape index (κ3) is 3.01. The van der Waals surface area contributed by atoms with Crippen molar-refractivity contribution in [2.24, 2.45) is 0 Å². The number of ether oxygens (including phenoxy) is 3. The molecule has 0 bridgehead atoms. The van der Waals surface area contributed by atoms with Crippen LogP contribution in [0.15, 0.2) is 64.5 Å². The molecule has 1 aromatic rings. The minimum Gasteiger partial charge on any atom is -0.464 e. The summed E-state index contributed by atoms with van der Waals surface area (Å²) in [5.74, 6) is -0.401. The molecule has 0 spiro atoms. The molecule has 6 nitrogen and oxygen atoms in total. The van der Waals surface area contributed by atoms with Crippen LogP contribution in [0.3, 0.4) is 0 Å². The van der Waals surface area contributed by atoms with Gasteiger partial charge in [-0.2, -0.15) is 4.31 Å². The van der Waals surface area contributed by atoms with E-state index >= 15 is 0 Å². The summed E-state index contributed by atoms with van der Waals surface area (Å²) in [6.07, 6.45) is 5.21. The molecule has 4 rings (SSSR count). The third-order valence-electron chi connectivity index (χ3n) is 4.82. The van der Waals surface area contributed by atoms with Crippen molar-refractivity contribution in [3.05, 3.63) is 65.1 Å². The molecule has 0 aromatic heterocycles. The van der Waals surface area contributed by atoms with Gasteiger partial charge in [-0.3, -0.25) is 0 Å². The predicted molar refractivity (Wildman–Crippen MR) is 95.6 cm³/mol. The highest BCUT2D eigenvalue weighted by Gasteiger charge is 2.39. The van der Waals surface area contributed by atoms with E-state index in [1.54, 1.807) is 25.3 Å². The number of sulfonamides is 1. The molecule has 1 saturated heterocycles. The van der Waals surface area contributed by atoms with Gasteiger partial charge in [0, 0.05) is 13.1 Å². The molecule has 26 heavy (non-hydrogen) atoms. The van der Waals surface area contributed by atoms with Crippen LogP contribution >= 0.6 is 0 Å². The molecular weight excluding hydrogens is 354 g/mol. The molecule has 7 heteroatoms. The Bertz CT molecular complexity index is 906. The summed E-state index contributed by atoms with van der Waals surface area (Å²) in [7, 11) is -3.55. The maximum Gasteiger partial charge on any atom is 0.243 e. The molecule has 0 radical (unpaired) electrons. The Labute approximate surface area is 153 Å². The topological polar surface area (TPSA) is 65.1 Å². The van der Waals surface area contributed by atoms with Crippen LogP contribution in [-0.4, -0.2) is 44.8 Å². The zero-order valence-electron chi connectivity index (χ0n) is 14.8. The second kappa shape index (κ2) is 6.35. The van der Waals surface area contributed by atoms with Gasteiger partial charge < -0.3 is 14.2 Å². The summed E-state index contributed by atoms with van der Waals surface area (Å²) >= 11 is 0.